The van der Waals surface area contributed by atoms with Gasteiger partial charge in [-0.2, -0.15) is 13.2 Å². The normalized spacial score (nSPS) is 11.2. The summed E-state index contributed by atoms with van der Waals surface area (Å²) in [5, 5.41) is 4.47. The smallest absolute Gasteiger partial charge is 0.373 e. The lowest BCUT2D eigenvalue weighted by atomic mass is 10.0. The Bertz CT molecular complexity index is 1540. The first-order valence-corrected chi connectivity index (χ1v) is 13.8. The topological polar surface area (TPSA) is 77.1 Å². The molecule has 0 unspecified atom stereocenters. The number of alkyl halides is 3. The molecule has 7 nitrogen and oxygen atoms in total. The summed E-state index contributed by atoms with van der Waals surface area (Å²) in [6.07, 6.45) is 1.18. The van der Waals surface area contributed by atoms with Crippen molar-refractivity contribution < 1.29 is 18.0 Å². The van der Waals surface area contributed by atoms with Gasteiger partial charge in [-0.3, -0.25) is 9.69 Å². The number of aromatic nitrogens is 3. The predicted molar refractivity (Wildman–Crippen MR) is 162 cm³/mol. The highest BCUT2D eigenvalue weighted by Crippen LogP contribution is 2.33. The van der Waals surface area contributed by atoms with Crippen molar-refractivity contribution in [3.63, 3.8) is 0 Å². The number of aromatic amines is 1. The monoisotopic (exact) mass is 598 g/mol. The van der Waals surface area contributed by atoms with E-state index < -0.39 is 11.7 Å². The molecule has 0 bridgehead atoms. The van der Waals surface area contributed by atoms with Crippen LogP contribution in [0.2, 0.25) is 5.02 Å². The molecule has 0 atom stereocenters. The lowest BCUT2D eigenvalue weighted by Crippen LogP contribution is -2.33. The number of nitrogens with one attached hydrogen (secondary N) is 2. The number of nitrogens with zero attached hydrogens (tertiary/aromatic N) is 4. The highest BCUT2D eigenvalue weighted by atomic mass is 35.5. The summed E-state index contributed by atoms with van der Waals surface area (Å²) in [5.74, 6) is 6.90. The number of anilines is 1. The van der Waals surface area contributed by atoms with Gasteiger partial charge in [0.25, 0.3) is 0 Å². The zero-order valence-electron chi connectivity index (χ0n) is 24.0. The molecule has 4 rings (SSSR count). The third-order valence-electron chi connectivity index (χ3n) is 6.63. The van der Waals surface area contributed by atoms with Gasteiger partial charge in [0.1, 0.15) is 17.8 Å². The fourth-order valence-corrected chi connectivity index (χ4v) is 4.22. The Balaban J connectivity index is 0.000000231. The van der Waals surface area contributed by atoms with Crippen LogP contribution in [-0.4, -0.2) is 71.3 Å². The Labute approximate surface area is 249 Å². The first-order valence-electron chi connectivity index (χ1n) is 13.4. The second-order valence-electron chi connectivity index (χ2n) is 9.45. The highest BCUT2D eigenvalue weighted by Gasteiger charge is 2.33. The zero-order chi connectivity index (χ0) is 30.7. The number of likely N-dealkylation sites (N-methyl/N-ethyl adjacent to an activating group) is 2. The Hall–Kier alpha value is -3.91. The summed E-state index contributed by atoms with van der Waals surface area (Å²) < 4.78 is 39.4. The van der Waals surface area contributed by atoms with Crippen molar-refractivity contribution in [2.75, 3.05) is 45.6 Å². The van der Waals surface area contributed by atoms with E-state index in [0.717, 1.165) is 41.6 Å². The van der Waals surface area contributed by atoms with Crippen LogP contribution in [0.3, 0.4) is 0 Å². The van der Waals surface area contributed by atoms with Crippen LogP contribution in [0.15, 0.2) is 55.0 Å². The molecule has 0 radical (unpaired) electrons. The summed E-state index contributed by atoms with van der Waals surface area (Å²) >= 11 is 6.32. The quantitative estimate of drug-likeness (QED) is 0.173. The van der Waals surface area contributed by atoms with Crippen LogP contribution in [0.5, 0.6) is 0 Å². The van der Waals surface area contributed by atoms with E-state index in [1.165, 1.54) is 12.1 Å². The van der Waals surface area contributed by atoms with Crippen molar-refractivity contribution in [1.29, 1.82) is 0 Å². The molecule has 0 spiro atoms. The molecule has 222 valence electrons. The molecule has 3 aromatic heterocycles. The standard InChI is InChI=1S/C16H23F3N2O.C15H11ClN4/c1-4-20(3)8-9-21(5-2)11-14-7-6-13(12-22)10-15(14)16(17,18)19;1-17-13-8-10(4-6-18-13)2-3-11-9-20-15-12(14(11)16)5-7-19-15/h6-7,10,12H,4-5,8-9,11H2,1-3H3;4-9H,1H3,(H,17,18)(H,19,20). The third kappa shape index (κ3) is 9.05. The van der Waals surface area contributed by atoms with E-state index in [0.29, 0.717) is 30.0 Å². The highest BCUT2D eigenvalue weighted by molar-refractivity contribution is 6.36. The molecule has 0 amide bonds. The Morgan fingerprint density at radius 1 is 1.07 bits per heavy atom. The molecule has 4 aromatic rings. The van der Waals surface area contributed by atoms with Crippen molar-refractivity contribution in [3.05, 3.63) is 87.8 Å². The van der Waals surface area contributed by atoms with Gasteiger partial charge in [-0.1, -0.05) is 49.4 Å². The molecule has 0 aliphatic rings. The number of pyridine rings is 2. The lowest BCUT2D eigenvalue weighted by Gasteiger charge is -2.25. The van der Waals surface area contributed by atoms with Crippen molar-refractivity contribution in [1.82, 2.24) is 24.8 Å². The number of rotatable bonds is 9. The van der Waals surface area contributed by atoms with Crippen LogP contribution in [0.25, 0.3) is 11.0 Å². The molecule has 3 heterocycles. The molecule has 0 aliphatic carbocycles. The van der Waals surface area contributed by atoms with E-state index in [1.807, 2.05) is 57.2 Å². The van der Waals surface area contributed by atoms with Crippen LogP contribution in [-0.2, 0) is 12.7 Å². The first-order chi connectivity index (χ1) is 20.1. The minimum atomic E-state index is -4.45. The fourth-order valence-electron chi connectivity index (χ4n) is 3.98. The molecule has 2 N–H and O–H groups in total. The maximum atomic E-state index is 13.1. The van der Waals surface area contributed by atoms with E-state index in [2.05, 4.69) is 37.0 Å². The number of benzene rings is 1. The molecule has 0 aliphatic heterocycles. The molecular weight excluding hydrogens is 565 g/mol. The first kappa shape index (κ1) is 32.6. The molecule has 1 aromatic carbocycles. The van der Waals surface area contributed by atoms with Crippen LogP contribution in [0.1, 0.15) is 46.5 Å². The number of fused-ring (bicyclic) bond motifs is 1. The Kier molecular flexibility index (Phi) is 11.9. The van der Waals surface area contributed by atoms with Crippen molar-refractivity contribution >= 4 is 34.7 Å². The van der Waals surface area contributed by atoms with Crippen molar-refractivity contribution in [3.8, 4) is 11.8 Å². The lowest BCUT2D eigenvalue weighted by molar-refractivity contribution is -0.138. The average Bonchev–Trinajstić information content (AvgIpc) is 3.48. The van der Waals surface area contributed by atoms with E-state index >= 15 is 0 Å². The predicted octanol–water partition coefficient (Wildman–Crippen LogP) is 6.34. The maximum absolute atomic E-state index is 13.1. The summed E-state index contributed by atoms with van der Waals surface area (Å²) in [6.45, 7) is 7.27. The van der Waals surface area contributed by atoms with Crippen molar-refractivity contribution in [2.24, 2.45) is 0 Å². The van der Waals surface area contributed by atoms with E-state index in [4.69, 9.17) is 11.6 Å². The van der Waals surface area contributed by atoms with Crippen LogP contribution in [0.4, 0.5) is 19.0 Å². The van der Waals surface area contributed by atoms with Crippen molar-refractivity contribution in [2.45, 2.75) is 26.6 Å². The van der Waals surface area contributed by atoms with Gasteiger partial charge in [0.05, 0.1) is 16.1 Å². The zero-order valence-corrected chi connectivity index (χ0v) is 24.8. The molecule has 42 heavy (non-hydrogen) atoms. The Morgan fingerprint density at radius 3 is 2.52 bits per heavy atom. The van der Waals surface area contributed by atoms with Gasteiger partial charge in [0, 0.05) is 61.8 Å². The van der Waals surface area contributed by atoms with Crippen LogP contribution >= 0.6 is 11.6 Å². The Morgan fingerprint density at radius 2 is 1.86 bits per heavy atom. The average molecular weight is 599 g/mol. The summed E-state index contributed by atoms with van der Waals surface area (Å²) in [4.78, 5) is 26.2. The largest absolute Gasteiger partial charge is 0.416 e. The number of hydrogen-bond donors (Lipinski definition) is 2. The maximum Gasteiger partial charge on any atom is 0.416 e. The second kappa shape index (κ2) is 15.4. The SMILES string of the molecule is CCN(C)CCN(CC)Cc1ccc(C=O)cc1C(F)(F)F.CNc1cc(C#Cc2cnc3[nH]ccc3c2Cl)ccn1. The summed E-state index contributed by atoms with van der Waals surface area (Å²) in [7, 11) is 3.80. The number of carbonyl (C=O) groups excluding carboxylic acids is 1. The van der Waals surface area contributed by atoms with E-state index in [-0.39, 0.29) is 17.7 Å². The van der Waals surface area contributed by atoms with Crippen LogP contribution < -0.4 is 5.32 Å². The number of H-pyrrole nitrogens is 1. The minimum absolute atomic E-state index is 0.0461. The molecule has 0 saturated carbocycles. The molecule has 0 fully saturated rings. The van der Waals surface area contributed by atoms with E-state index in [1.54, 1.807) is 12.4 Å². The van der Waals surface area contributed by atoms with Crippen LogP contribution in [0, 0.1) is 11.8 Å². The summed E-state index contributed by atoms with van der Waals surface area (Å²) in [5.41, 5.74) is 1.88. The number of carbonyl (C=O) groups is 1. The van der Waals surface area contributed by atoms with Gasteiger partial charge in [-0.05, 0) is 50.0 Å². The van der Waals surface area contributed by atoms with Gasteiger partial charge in [-0.25, -0.2) is 9.97 Å². The molecule has 11 heteroatoms. The van der Waals surface area contributed by atoms with Gasteiger partial charge in [-0.15, -0.1) is 0 Å². The minimum Gasteiger partial charge on any atom is -0.373 e. The van der Waals surface area contributed by atoms with E-state index in [9.17, 15) is 18.0 Å². The molecular formula is C31H34ClF3N6O. The number of hydrogen-bond acceptors (Lipinski definition) is 6. The second-order valence-corrected chi connectivity index (χ2v) is 9.83. The van der Waals surface area contributed by atoms with Gasteiger partial charge < -0.3 is 15.2 Å². The fraction of sp³-hybridized carbons (Fsp3) is 0.323. The number of aldehydes is 1. The van der Waals surface area contributed by atoms with Gasteiger partial charge >= 0.3 is 6.18 Å². The number of halogens is 4. The third-order valence-corrected chi connectivity index (χ3v) is 7.04. The summed E-state index contributed by atoms with van der Waals surface area (Å²) in [6, 6.07) is 9.38. The van der Waals surface area contributed by atoms with Gasteiger partial charge in [0.2, 0.25) is 0 Å². The van der Waals surface area contributed by atoms with Gasteiger partial charge in [0.15, 0.2) is 0 Å². The molecule has 0 saturated heterocycles.